The van der Waals surface area contributed by atoms with Gasteiger partial charge in [-0.2, -0.15) is 0 Å². The van der Waals surface area contributed by atoms with Crippen LogP contribution in [0, 0.1) is 0 Å². The quantitative estimate of drug-likeness (QED) is 0.778. The molecule has 1 aliphatic heterocycles. The minimum absolute atomic E-state index is 0.200. The number of nitrogen functional groups attached to an aromatic ring is 1. The summed E-state index contributed by atoms with van der Waals surface area (Å²) < 4.78 is 5.86. The lowest BCUT2D eigenvalue weighted by atomic mass is 10.1. The Kier molecular flexibility index (Phi) is 3.72. The van der Waals surface area contributed by atoms with Gasteiger partial charge in [0.2, 0.25) is 0 Å². The maximum Gasteiger partial charge on any atom is 0.250 e. The third kappa shape index (κ3) is 2.92. The van der Waals surface area contributed by atoms with Gasteiger partial charge in [-0.1, -0.05) is 0 Å². The summed E-state index contributed by atoms with van der Waals surface area (Å²) in [5, 5.41) is 0. The summed E-state index contributed by atoms with van der Waals surface area (Å²) in [6.07, 6.45) is 2.19. The number of carbonyl (C=O) groups excluding carboxylic acids is 1. The maximum absolute atomic E-state index is 11.2. The van der Waals surface area contributed by atoms with Crippen molar-refractivity contribution in [2.24, 2.45) is 5.73 Å². The van der Waals surface area contributed by atoms with Gasteiger partial charge in [0.1, 0.15) is 11.9 Å². The molecule has 5 nitrogen and oxygen atoms in total. The molecule has 1 aromatic rings. The van der Waals surface area contributed by atoms with Crippen molar-refractivity contribution < 1.29 is 9.53 Å². The fourth-order valence-electron chi connectivity index (χ4n) is 2.12. The van der Waals surface area contributed by atoms with Gasteiger partial charge in [-0.05, 0) is 38.1 Å². The van der Waals surface area contributed by atoms with Crippen LogP contribution in [0.2, 0.25) is 0 Å². The van der Waals surface area contributed by atoms with Gasteiger partial charge in [0.05, 0.1) is 5.56 Å². The van der Waals surface area contributed by atoms with E-state index in [4.69, 9.17) is 16.2 Å². The van der Waals surface area contributed by atoms with Crippen LogP contribution in [0.3, 0.4) is 0 Å². The summed E-state index contributed by atoms with van der Waals surface area (Å²) >= 11 is 0. The van der Waals surface area contributed by atoms with E-state index in [1.54, 1.807) is 18.2 Å². The first-order valence-electron chi connectivity index (χ1n) is 6.11. The number of benzene rings is 1. The monoisotopic (exact) mass is 249 g/mol. The summed E-state index contributed by atoms with van der Waals surface area (Å²) in [6.45, 7) is 2.06. The number of hydrogen-bond donors (Lipinski definition) is 2. The molecule has 1 aromatic carbocycles. The molecule has 0 radical (unpaired) electrons. The van der Waals surface area contributed by atoms with Crippen LogP contribution in [0.4, 0.5) is 5.69 Å². The number of hydrogen-bond acceptors (Lipinski definition) is 4. The number of ether oxygens (including phenoxy) is 1. The van der Waals surface area contributed by atoms with Crippen molar-refractivity contribution in [3.05, 3.63) is 23.8 Å². The van der Waals surface area contributed by atoms with E-state index in [9.17, 15) is 4.79 Å². The molecular formula is C13H19N3O2. The minimum atomic E-state index is -0.527. The van der Waals surface area contributed by atoms with Crippen molar-refractivity contribution in [2.75, 3.05) is 25.9 Å². The standard InChI is InChI=1S/C13H19N3O2/c1-16-6-4-9(5-7-16)18-10-2-3-12(14)11(8-10)13(15)17/h2-3,8-9H,4-7,14H2,1H3,(H2,15,17). The van der Waals surface area contributed by atoms with E-state index in [1.807, 2.05) is 0 Å². The lowest BCUT2D eigenvalue weighted by Gasteiger charge is -2.29. The molecule has 0 saturated carbocycles. The average Bonchev–Trinajstić information content (AvgIpc) is 2.34. The zero-order valence-corrected chi connectivity index (χ0v) is 10.6. The Bertz CT molecular complexity index is 440. The van der Waals surface area contributed by atoms with Crippen molar-refractivity contribution in [3.63, 3.8) is 0 Å². The van der Waals surface area contributed by atoms with Crippen LogP contribution in [-0.4, -0.2) is 37.0 Å². The van der Waals surface area contributed by atoms with Gasteiger partial charge >= 0.3 is 0 Å². The lowest BCUT2D eigenvalue weighted by Crippen LogP contribution is -2.35. The molecule has 2 rings (SSSR count). The molecular weight excluding hydrogens is 230 g/mol. The van der Waals surface area contributed by atoms with Gasteiger partial charge in [0.25, 0.3) is 5.91 Å². The number of nitrogens with two attached hydrogens (primary N) is 2. The fraction of sp³-hybridized carbons (Fsp3) is 0.462. The summed E-state index contributed by atoms with van der Waals surface area (Å²) in [5.74, 6) is 0.133. The van der Waals surface area contributed by atoms with Crippen molar-refractivity contribution >= 4 is 11.6 Å². The van der Waals surface area contributed by atoms with E-state index in [1.165, 1.54) is 0 Å². The Morgan fingerprint density at radius 3 is 2.67 bits per heavy atom. The average molecular weight is 249 g/mol. The number of nitrogens with zero attached hydrogens (tertiary/aromatic N) is 1. The van der Waals surface area contributed by atoms with Crippen LogP contribution in [-0.2, 0) is 0 Å². The number of anilines is 1. The molecule has 0 bridgehead atoms. The number of primary amides is 1. The van der Waals surface area contributed by atoms with Gasteiger partial charge in [-0.25, -0.2) is 0 Å². The Hall–Kier alpha value is -1.75. The van der Waals surface area contributed by atoms with Crippen molar-refractivity contribution in [2.45, 2.75) is 18.9 Å². The van der Waals surface area contributed by atoms with E-state index in [-0.39, 0.29) is 6.10 Å². The number of rotatable bonds is 3. The summed E-state index contributed by atoms with van der Waals surface area (Å²) in [5.41, 5.74) is 11.6. The van der Waals surface area contributed by atoms with E-state index in [2.05, 4.69) is 11.9 Å². The highest BCUT2D eigenvalue weighted by atomic mass is 16.5. The summed E-state index contributed by atoms with van der Waals surface area (Å²) in [7, 11) is 2.10. The molecule has 0 spiro atoms. The zero-order valence-electron chi connectivity index (χ0n) is 10.6. The molecule has 98 valence electrons. The Morgan fingerprint density at radius 1 is 1.39 bits per heavy atom. The Labute approximate surface area is 107 Å². The first kappa shape index (κ1) is 12.7. The second-order valence-corrected chi connectivity index (χ2v) is 4.73. The highest BCUT2D eigenvalue weighted by Gasteiger charge is 2.18. The Morgan fingerprint density at radius 2 is 2.06 bits per heavy atom. The van der Waals surface area contributed by atoms with Crippen molar-refractivity contribution in [1.82, 2.24) is 4.90 Å². The van der Waals surface area contributed by atoms with Crippen LogP contribution >= 0.6 is 0 Å². The fourth-order valence-corrected chi connectivity index (χ4v) is 2.12. The van der Waals surface area contributed by atoms with Crippen LogP contribution in [0.1, 0.15) is 23.2 Å². The van der Waals surface area contributed by atoms with Gasteiger partial charge in [-0.3, -0.25) is 4.79 Å². The molecule has 4 N–H and O–H groups in total. The minimum Gasteiger partial charge on any atom is -0.490 e. The van der Waals surface area contributed by atoms with E-state index in [0.29, 0.717) is 17.0 Å². The first-order chi connectivity index (χ1) is 8.56. The normalized spacial score (nSPS) is 17.6. The van der Waals surface area contributed by atoms with E-state index in [0.717, 1.165) is 25.9 Å². The predicted molar refractivity (Wildman–Crippen MR) is 70.5 cm³/mol. The molecule has 0 aliphatic carbocycles. The number of piperidine rings is 1. The molecule has 1 aliphatic rings. The molecule has 0 unspecified atom stereocenters. The SMILES string of the molecule is CN1CCC(Oc2ccc(N)c(C(N)=O)c2)CC1. The maximum atomic E-state index is 11.2. The van der Waals surface area contributed by atoms with E-state index < -0.39 is 5.91 Å². The topological polar surface area (TPSA) is 81.6 Å². The zero-order chi connectivity index (χ0) is 13.1. The number of carbonyl (C=O) groups is 1. The van der Waals surface area contributed by atoms with Gasteiger partial charge in [-0.15, -0.1) is 0 Å². The summed E-state index contributed by atoms with van der Waals surface area (Å²) in [4.78, 5) is 13.5. The molecule has 0 atom stereocenters. The first-order valence-corrected chi connectivity index (χ1v) is 6.11. The second-order valence-electron chi connectivity index (χ2n) is 4.73. The molecule has 18 heavy (non-hydrogen) atoms. The third-order valence-corrected chi connectivity index (χ3v) is 3.26. The van der Waals surface area contributed by atoms with Crippen LogP contribution < -0.4 is 16.2 Å². The molecule has 0 aromatic heterocycles. The van der Waals surface area contributed by atoms with Gasteiger partial charge in [0, 0.05) is 18.8 Å². The largest absolute Gasteiger partial charge is 0.490 e. The predicted octanol–water partition coefficient (Wildman–Crippen LogP) is 0.841. The van der Waals surface area contributed by atoms with Crippen molar-refractivity contribution in [1.29, 1.82) is 0 Å². The highest BCUT2D eigenvalue weighted by Crippen LogP contribution is 2.23. The second kappa shape index (κ2) is 5.27. The molecule has 1 heterocycles. The van der Waals surface area contributed by atoms with E-state index >= 15 is 0 Å². The molecule has 1 saturated heterocycles. The molecule has 1 fully saturated rings. The molecule has 1 amide bonds. The van der Waals surface area contributed by atoms with Crippen LogP contribution in [0.5, 0.6) is 5.75 Å². The van der Waals surface area contributed by atoms with Crippen molar-refractivity contribution in [3.8, 4) is 5.75 Å². The van der Waals surface area contributed by atoms with Gasteiger partial charge < -0.3 is 21.1 Å². The third-order valence-electron chi connectivity index (χ3n) is 3.26. The van der Waals surface area contributed by atoms with Crippen LogP contribution in [0.25, 0.3) is 0 Å². The van der Waals surface area contributed by atoms with Crippen LogP contribution in [0.15, 0.2) is 18.2 Å². The number of amides is 1. The highest BCUT2D eigenvalue weighted by molar-refractivity contribution is 5.98. The number of likely N-dealkylation sites (tertiary alicyclic amines) is 1. The van der Waals surface area contributed by atoms with Gasteiger partial charge in [0.15, 0.2) is 0 Å². The molecule has 5 heteroatoms. The lowest BCUT2D eigenvalue weighted by molar-refractivity contribution is 0.0997. The summed E-state index contributed by atoms with van der Waals surface area (Å²) in [6, 6.07) is 5.06. The smallest absolute Gasteiger partial charge is 0.250 e. The Balaban J connectivity index is 2.05.